The van der Waals surface area contributed by atoms with Crippen LogP contribution >= 0.6 is 34.5 Å². The Morgan fingerprint density at radius 2 is 1.85 bits per heavy atom. The van der Waals surface area contributed by atoms with Gasteiger partial charge in [0, 0.05) is 29.4 Å². The Morgan fingerprint density at radius 3 is 2.49 bits per heavy atom. The summed E-state index contributed by atoms with van der Waals surface area (Å²) in [7, 11) is 0. The monoisotopic (exact) mass is 591 g/mol. The van der Waals surface area contributed by atoms with E-state index in [4.69, 9.17) is 32.5 Å². The zero-order valence-corrected chi connectivity index (χ0v) is 23.8. The molecule has 2 fully saturated rings. The van der Waals surface area contributed by atoms with E-state index in [-0.39, 0.29) is 18.2 Å². The van der Waals surface area contributed by atoms with Crippen LogP contribution < -0.4 is 0 Å². The van der Waals surface area contributed by atoms with E-state index in [1.54, 1.807) is 19.9 Å². The number of rotatable bonds is 7. The number of halogens is 3. The molecule has 0 aliphatic heterocycles. The van der Waals surface area contributed by atoms with E-state index in [0.717, 1.165) is 24.2 Å². The van der Waals surface area contributed by atoms with Crippen molar-refractivity contribution in [2.45, 2.75) is 82.2 Å². The summed E-state index contributed by atoms with van der Waals surface area (Å²) in [4.78, 5) is 8.49. The number of aliphatic hydroxyl groups is 2. The highest BCUT2D eigenvalue weighted by atomic mass is 35.5. The second kappa shape index (κ2) is 10.0. The summed E-state index contributed by atoms with van der Waals surface area (Å²) < 4.78 is 27.4. The highest BCUT2D eigenvalue weighted by molar-refractivity contribution is 7.18. The Kier molecular flexibility index (Phi) is 6.97. The lowest BCUT2D eigenvalue weighted by Crippen LogP contribution is -2.34. The van der Waals surface area contributed by atoms with E-state index in [1.807, 2.05) is 0 Å². The Hall–Kier alpha value is -2.14. The van der Waals surface area contributed by atoms with E-state index in [2.05, 4.69) is 15.1 Å². The lowest BCUT2D eigenvalue weighted by atomic mass is 9.83. The summed E-state index contributed by atoms with van der Waals surface area (Å²) >= 11 is 14.1. The first kappa shape index (κ1) is 27.1. The van der Waals surface area contributed by atoms with Gasteiger partial charge in [0.25, 0.3) is 0 Å². The van der Waals surface area contributed by atoms with Crippen LogP contribution in [0.5, 0.6) is 0 Å². The van der Waals surface area contributed by atoms with Crippen molar-refractivity contribution in [3.63, 3.8) is 0 Å². The van der Waals surface area contributed by atoms with Gasteiger partial charge in [0.2, 0.25) is 0 Å². The molecule has 2 aliphatic rings. The quantitative estimate of drug-likeness (QED) is 0.233. The molecular weight excluding hydrogens is 564 g/mol. The number of nitrogens with zero attached hydrogens (tertiary/aromatic N) is 3. The van der Waals surface area contributed by atoms with Crippen molar-refractivity contribution in [3.8, 4) is 11.3 Å². The lowest BCUT2D eigenvalue weighted by Gasteiger charge is -2.34. The summed E-state index contributed by atoms with van der Waals surface area (Å²) in [5.74, 6) is 0.623. The summed E-state index contributed by atoms with van der Waals surface area (Å²) in [6.45, 7) is 3.51. The van der Waals surface area contributed by atoms with Gasteiger partial charge in [0.1, 0.15) is 27.6 Å². The molecule has 11 heteroatoms. The Morgan fingerprint density at radius 1 is 1.15 bits per heavy atom. The van der Waals surface area contributed by atoms with E-state index in [0.29, 0.717) is 68.2 Å². The molecule has 39 heavy (non-hydrogen) atoms. The highest BCUT2D eigenvalue weighted by Gasteiger charge is 2.39. The molecule has 4 aromatic rings. The van der Waals surface area contributed by atoms with Gasteiger partial charge in [0.15, 0.2) is 5.82 Å². The molecule has 0 radical (unpaired) electrons. The van der Waals surface area contributed by atoms with E-state index < -0.39 is 17.0 Å². The molecule has 0 amide bonds. The number of hydrogen-bond donors (Lipinski definition) is 2. The van der Waals surface area contributed by atoms with E-state index in [9.17, 15) is 14.6 Å². The molecule has 7 nitrogen and oxygen atoms in total. The molecule has 1 aromatic carbocycles. The maximum atomic E-state index is 14.8. The Bertz CT molecular complexity index is 1520. The number of benzene rings is 1. The first-order valence-corrected chi connectivity index (χ1v) is 14.6. The Balaban J connectivity index is 1.18. The molecule has 2 saturated carbocycles. The predicted molar refractivity (Wildman–Crippen MR) is 147 cm³/mol. The normalized spacial score (nSPS) is 22.1. The average molecular weight is 593 g/mol. The van der Waals surface area contributed by atoms with Gasteiger partial charge in [-0.25, -0.2) is 9.37 Å². The van der Waals surface area contributed by atoms with Crippen LogP contribution in [0.25, 0.3) is 21.5 Å². The smallest absolute Gasteiger partial charge is 0.150 e. The van der Waals surface area contributed by atoms with Crippen LogP contribution in [0.3, 0.4) is 0 Å². The van der Waals surface area contributed by atoms with Crippen molar-refractivity contribution < 1.29 is 23.9 Å². The summed E-state index contributed by atoms with van der Waals surface area (Å²) in [6.07, 6.45) is 7.14. The van der Waals surface area contributed by atoms with Crippen molar-refractivity contribution in [2.75, 3.05) is 0 Å². The number of thiazole rings is 1. The van der Waals surface area contributed by atoms with Crippen LogP contribution in [0.2, 0.25) is 10.0 Å². The molecule has 2 aliphatic carbocycles. The average Bonchev–Trinajstić information content (AvgIpc) is 3.48. The molecule has 3 aromatic heterocycles. The third-order valence-electron chi connectivity index (χ3n) is 7.63. The summed E-state index contributed by atoms with van der Waals surface area (Å²) in [5.41, 5.74) is 0.349. The largest absolute Gasteiger partial charge is 0.386 e. The van der Waals surface area contributed by atoms with Crippen molar-refractivity contribution in [1.29, 1.82) is 0 Å². The zero-order valence-electron chi connectivity index (χ0n) is 21.5. The Labute approximate surface area is 238 Å². The molecule has 206 valence electrons. The van der Waals surface area contributed by atoms with Gasteiger partial charge < -0.3 is 19.5 Å². The maximum absolute atomic E-state index is 14.8. The molecule has 0 bridgehead atoms. The van der Waals surface area contributed by atoms with Crippen molar-refractivity contribution in [1.82, 2.24) is 15.1 Å². The molecule has 0 saturated heterocycles. The van der Waals surface area contributed by atoms with Gasteiger partial charge >= 0.3 is 0 Å². The molecule has 6 rings (SSSR count). The number of aromatic nitrogens is 3. The number of pyridine rings is 1. The first-order valence-electron chi connectivity index (χ1n) is 13.0. The van der Waals surface area contributed by atoms with Crippen molar-refractivity contribution in [3.05, 3.63) is 62.3 Å². The molecule has 2 N–H and O–H groups in total. The molecule has 3 heterocycles. The molecule has 0 atom stereocenters. The summed E-state index contributed by atoms with van der Waals surface area (Å²) in [5, 5.41) is 27.4. The zero-order chi connectivity index (χ0) is 27.5. The molecule has 0 spiro atoms. The number of hydrogen-bond acceptors (Lipinski definition) is 8. The van der Waals surface area contributed by atoms with Crippen LogP contribution in [-0.2, 0) is 22.5 Å². The van der Waals surface area contributed by atoms with Gasteiger partial charge in [-0.15, -0.1) is 11.3 Å². The van der Waals surface area contributed by atoms with Gasteiger partial charge in [0.05, 0.1) is 33.1 Å². The second-order valence-electron chi connectivity index (χ2n) is 11.1. The third-order valence-corrected chi connectivity index (χ3v) is 9.40. The number of ether oxygens (including phenoxy) is 1. The van der Waals surface area contributed by atoms with Crippen molar-refractivity contribution in [2.24, 2.45) is 0 Å². The van der Waals surface area contributed by atoms with Gasteiger partial charge in [-0.05, 0) is 70.1 Å². The van der Waals surface area contributed by atoms with E-state index >= 15 is 0 Å². The van der Waals surface area contributed by atoms with Crippen LogP contribution in [-0.4, -0.2) is 31.4 Å². The standard InChI is InChI=1S/C28H28Cl2FN3O4S/c1-27(2,35)15-9-20(31)24-21(10-15)39-26(33-24)28(36)7-5-16(6-8-28)37-13-17-23(34-38-25(17)14-3-4-14)22-18(29)11-32-12-19(22)30/h9-12,14,16,35-36H,3-8,13H2,1-2H3. The van der Waals surface area contributed by atoms with Crippen LogP contribution in [0.4, 0.5) is 4.39 Å². The van der Waals surface area contributed by atoms with Gasteiger partial charge in [-0.1, -0.05) is 28.4 Å². The van der Waals surface area contributed by atoms with Gasteiger partial charge in [-0.3, -0.25) is 4.98 Å². The van der Waals surface area contributed by atoms with Crippen molar-refractivity contribution >= 4 is 44.8 Å². The SMILES string of the molecule is CC(C)(O)c1cc(F)c2nc(C3(O)CCC(OCc4c(-c5c(Cl)cncc5Cl)noc4C4CC4)CC3)sc2c1. The van der Waals surface area contributed by atoms with Crippen LogP contribution in [0.15, 0.2) is 29.0 Å². The number of fused-ring (bicyclic) bond motifs is 1. The molecule has 0 unspecified atom stereocenters. The van der Waals surface area contributed by atoms with Crippen LogP contribution in [0.1, 0.15) is 80.2 Å². The second-order valence-corrected chi connectivity index (χ2v) is 12.9. The lowest BCUT2D eigenvalue weighted by molar-refractivity contribution is -0.0641. The fourth-order valence-electron chi connectivity index (χ4n) is 5.15. The highest BCUT2D eigenvalue weighted by Crippen LogP contribution is 2.47. The minimum atomic E-state index is -1.18. The topological polar surface area (TPSA) is 102 Å². The minimum Gasteiger partial charge on any atom is -0.386 e. The fraction of sp³-hybridized carbons (Fsp3) is 0.464. The minimum absolute atomic E-state index is 0.0867. The first-order chi connectivity index (χ1) is 18.5. The third kappa shape index (κ3) is 5.21. The molecular formula is C28H28Cl2FN3O4S. The predicted octanol–water partition coefficient (Wildman–Crippen LogP) is 7.24. The van der Waals surface area contributed by atoms with Crippen LogP contribution in [0, 0.1) is 5.82 Å². The fourth-order valence-corrected chi connectivity index (χ4v) is 6.86. The maximum Gasteiger partial charge on any atom is 0.150 e. The van der Waals surface area contributed by atoms with Gasteiger partial charge in [-0.2, -0.15) is 0 Å². The summed E-state index contributed by atoms with van der Waals surface area (Å²) in [6, 6.07) is 3.05. The van der Waals surface area contributed by atoms with E-state index in [1.165, 1.54) is 29.8 Å².